The maximum atomic E-state index is 13.1. The van der Waals surface area contributed by atoms with Crippen LogP contribution < -0.4 is 0 Å². The monoisotopic (exact) mass is 1550 g/mol. The second-order valence-electron chi connectivity index (χ2n) is 27.0. The average molecular weight is 1550 g/mol. The minimum atomic E-state index is -5.02. The molecule has 614 valence electrons. The first-order valence-corrected chi connectivity index (χ1v) is 44.4. The van der Waals surface area contributed by atoms with Crippen molar-refractivity contribution in [3.8, 4) is 0 Å². The number of aliphatic hydroxyl groups is 1. The number of phosphoric acid groups is 2. The highest BCUT2D eigenvalue weighted by molar-refractivity contribution is 7.47. The van der Waals surface area contributed by atoms with Crippen LogP contribution in [0.3, 0.4) is 0 Å². The second-order valence-corrected chi connectivity index (χ2v) is 29.9. The van der Waals surface area contributed by atoms with E-state index >= 15 is 0 Å². The van der Waals surface area contributed by atoms with E-state index in [2.05, 4.69) is 167 Å². The van der Waals surface area contributed by atoms with Gasteiger partial charge in [-0.3, -0.25) is 37.3 Å². The van der Waals surface area contributed by atoms with E-state index in [0.29, 0.717) is 38.5 Å². The lowest BCUT2D eigenvalue weighted by Gasteiger charge is -2.21. The first-order chi connectivity index (χ1) is 52.7. The van der Waals surface area contributed by atoms with Gasteiger partial charge >= 0.3 is 39.5 Å². The normalized spacial score (nSPS) is 14.7. The molecule has 0 amide bonds. The van der Waals surface area contributed by atoms with Crippen LogP contribution in [0.25, 0.3) is 0 Å². The third-order valence-corrected chi connectivity index (χ3v) is 18.6. The number of aliphatic hydroxyl groups excluding tert-OH is 1. The van der Waals surface area contributed by atoms with Crippen molar-refractivity contribution >= 4 is 39.5 Å². The number of ether oxygens (including phenoxy) is 4. The molecular formula is C89H146O17P2. The maximum absolute atomic E-state index is 13.1. The summed E-state index contributed by atoms with van der Waals surface area (Å²) in [6, 6.07) is 0. The van der Waals surface area contributed by atoms with Gasteiger partial charge in [0.25, 0.3) is 0 Å². The summed E-state index contributed by atoms with van der Waals surface area (Å²) < 4.78 is 68.5. The number of esters is 4. The Labute approximate surface area is 654 Å². The second kappa shape index (κ2) is 79.5. The molecule has 19 heteroatoms. The highest BCUT2D eigenvalue weighted by Gasteiger charge is 2.30. The van der Waals surface area contributed by atoms with Gasteiger partial charge in [-0.1, -0.05) is 307 Å². The zero-order valence-electron chi connectivity index (χ0n) is 67.2. The number of phosphoric ester groups is 2. The van der Waals surface area contributed by atoms with Crippen molar-refractivity contribution in [2.45, 2.75) is 329 Å². The first kappa shape index (κ1) is 102. The van der Waals surface area contributed by atoms with Gasteiger partial charge in [-0.2, -0.15) is 0 Å². The molecule has 0 heterocycles. The van der Waals surface area contributed by atoms with Gasteiger partial charge in [0.1, 0.15) is 19.3 Å². The average Bonchev–Trinajstić information content (AvgIpc) is 0.992. The lowest BCUT2D eigenvalue weighted by atomic mass is 10.0. The standard InChI is InChI=1S/C89H146O17P2/c1-5-9-13-17-21-25-29-33-36-39-41-44-47-51-54-58-62-66-70-74-87(92)100-80-85(106-89(94)76-72-68-64-60-56-52-48-45-42-40-37-34-30-26-22-18-14-10-6-2)82-104-108(97,98)102-78-83(90)77-101-107(95,96)103-81-84(105-88(93)75-71-67-63-59-55-49-32-28-24-20-16-12-8-4)79-99-86(91)73-69-65-61-57-53-50-46-43-38-35-31-27-23-19-15-11-7-3/h10,14,21-23,25-27,33-38,41-42,44-46,50-52,54,56-57,61-62,66,83-85,90H,5-9,11-13,15-20,24,28-32,39-40,43,47-49,53,55,58-60,63-65,67-82H2,1-4H3,(H,95,96)(H,97,98)/b14-10-,25-21-,26-22-,27-23-,36-33-,37-34-,38-35-,44-41-,45-42-,50-46-,54-51-,56-52-,61-57-,66-62-/t83-,84+,85+/m0/s1. The van der Waals surface area contributed by atoms with Crippen molar-refractivity contribution in [2.24, 2.45) is 0 Å². The summed E-state index contributed by atoms with van der Waals surface area (Å²) in [6.07, 6.45) is 94.9. The lowest BCUT2D eigenvalue weighted by molar-refractivity contribution is -0.161. The summed E-state index contributed by atoms with van der Waals surface area (Å²) in [4.78, 5) is 73.1. The van der Waals surface area contributed by atoms with Gasteiger partial charge in [0.15, 0.2) is 12.2 Å². The van der Waals surface area contributed by atoms with Crippen LogP contribution in [0.15, 0.2) is 170 Å². The topological polar surface area (TPSA) is 237 Å². The molecule has 2 unspecified atom stereocenters. The molecular weight excluding hydrogens is 1400 g/mol. The van der Waals surface area contributed by atoms with E-state index in [1.54, 1.807) is 0 Å². The molecule has 5 atom stereocenters. The molecule has 0 aliphatic heterocycles. The van der Waals surface area contributed by atoms with Crippen molar-refractivity contribution in [2.75, 3.05) is 39.6 Å². The van der Waals surface area contributed by atoms with E-state index in [1.807, 2.05) is 30.4 Å². The molecule has 0 rings (SSSR count). The molecule has 0 spiro atoms. The minimum absolute atomic E-state index is 0.0234. The summed E-state index contributed by atoms with van der Waals surface area (Å²) in [5.74, 6) is -2.38. The summed E-state index contributed by atoms with van der Waals surface area (Å²) >= 11 is 0. The molecule has 0 aliphatic carbocycles. The maximum Gasteiger partial charge on any atom is 0.472 e. The van der Waals surface area contributed by atoms with Gasteiger partial charge in [-0.25, -0.2) is 9.13 Å². The quantitative estimate of drug-likeness (QED) is 0.0169. The Morgan fingerprint density at radius 1 is 0.269 bits per heavy atom. The van der Waals surface area contributed by atoms with E-state index < -0.39 is 97.5 Å². The van der Waals surface area contributed by atoms with Crippen LogP contribution in [0.2, 0.25) is 0 Å². The molecule has 3 N–H and O–H groups in total. The van der Waals surface area contributed by atoms with Gasteiger partial charge in [-0.05, 0) is 148 Å². The number of hydrogen-bond acceptors (Lipinski definition) is 15. The highest BCUT2D eigenvalue weighted by atomic mass is 31.2. The fourth-order valence-electron chi connectivity index (χ4n) is 10.4. The van der Waals surface area contributed by atoms with Gasteiger partial charge in [0, 0.05) is 25.7 Å². The Kier molecular flexibility index (Phi) is 75.4. The first-order valence-electron chi connectivity index (χ1n) is 41.4. The van der Waals surface area contributed by atoms with Crippen molar-refractivity contribution in [3.63, 3.8) is 0 Å². The Bertz CT molecular complexity index is 2710. The molecule has 0 saturated heterocycles. The predicted octanol–water partition coefficient (Wildman–Crippen LogP) is 24.6. The zero-order chi connectivity index (χ0) is 78.9. The summed E-state index contributed by atoms with van der Waals surface area (Å²) in [7, 11) is -10.0. The highest BCUT2D eigenvalue weighted by Crippen LogP contribution is 2.45. The van der Waals surface area contributed by atoms with Gasteiger partial charge in [-0.15, -0.1) is 0 Å². The number of hydrogen-bond donors (Lipinski definition) is 3. The number of allylic oxidation sites excluding steroid dienone is 28. The predicted molar refractivity (Wildman–Crippen MR) is 445 cm³/mol. The summed E-state index contributed by atoms with van der Waals surface area (Å²) in [6.45, 7) is 4.52. The molecule has 0 aromatic heterocycles. The Morgan fingerprint density at radius 3 is 0.843 bits per heavy atom. The smallest absolute Gasteiger partial charge is 0.462 e. The molecule has 0 aromatic rings. The lowest BCUT2D eigenvalue weighted by Crippen LogP contribution is -2.30. The van der Waals surface area contributed by atoms with Crippen molar-refractivity contribution in [1.82, 2.24) is 0 Å². The molecule has 0 bridgehead atoms. The molecule has 0 aromatic carbocycles. The Hall–Kier alpha value is -5.58. The molecule has 17 nitrogen and oxygen atoms in total. The zero-order valence-corrected chi connectivity index (χ0v) is 69.0. The number of carbonyl (C=O) groups excluding carboxylic acids is 4. The number of unbranched alkanes of at least 4 members (excludes halogenated alkanes) is 22. The minimum Gasteiger partial charge on any atom is -0.462 e. The third-order valence-electron chi connectivity index (χ3n) is 16.7. The van der Waals surface area contributed by atoms with Gasteiger partial charge in [0.2, 0.25) is 0 Å². The van der Waals surface area contributed by atoms with Crippen molar-refractivity contribution < 1.29 is 80.2 Å². The van der Waals surface area contributed by atoms with E-state index in [9.17, 15) is 43.2 Å². The molecule has 0 saturated carbocycles. The van der Waals surface area contributed by atoms with Crippen LogP contribution in [0.5, 0.6) is 0 Å². The SMILES string of the molecule is CC/C=C\C/C=C\C/C=C\C/C=C\C/C=C\CCCCCC(=O)O[C@H](COC(=O)CC/C=C\C/C=C\C/C=C\C/C=C\C/C=C\CCCCC)COP(=O)(O)OC[C@@H](O)COP(=O)(O)OC[C@@H](COC(=O)CCC/C=C\C/C=C\C/C=C\C/C=C\CCCCC)OC(=O)CCCCCCCCCCCCCCC. The van der Waals surface area contributed by atoms with Crippen LogP contribution in [0.1, 0.15) is 310 Å². The fourth-order valence-corrected chi connectivity index (χ4v) is 12.0. The summed E-state index contributed by atoms with van der Waals surface area (Å²) in [5, 5.41) is 10.7. The van der Waals surface area contributed by atoms with E-state index in [-0.39, 0.29) is 25.7 Å². The third kappa shape index (κ3) is 78.5. The van der Waals surface area contributed by atoms with E-state index in [0.717, 1.165) is 128 Å². The molecule has 0 radical (unpaired) electrons. The van der Waals surface area contributed by atoms with Crippen LogP contribution in [0.4, 0.5) is 0 Å². The Morgan fingerprint density at radius 2 is 0.509 bits per heavy atom. The van der Waals surface area contributed by atoms with Gasteiger partial charge < -0.3 is 33.8 Å². The van der Waals surface area contributed by atoms with Crippen molar-refractivity contribution in [1.29, 1.82) is 0 Å². The van der Waals surface area contributed by atoms with E-state index in [4.69, 9.17) is 37.0 Å². The van der Waals surface area contributed by atoms with Crippen LogP contribution in [0, 0.1) is 0 Å². The molecule has 108 heavy (non-hydrogen) atoms. The van der Waals surface area contributed by atoms with Crippen LogP contribution >= 0.6 is 15.6 Å². The number of rotatable bonds is 76. The Balaban J connectivity index is 5.52. The fraction of sp³-hybridized carbons (Fsp3) is 0.640. The largest absolute Gasteiger partial charge is 0.472 e. The molecule has 0 fully saturated rings. The number of carbonyl (C=O) groups is 4. The van der Waals surface area contributed by atoms with Crippen LogP contribution in [-0.2, 0) is 65.4 Å². The summed E-state index contributed by atoms with van der Waals surface area (Å²) in [5.41, 5.74) is 0. The van der Waals surface area contributed by atoms with Crippen LogP contribution in [-0.4, -0.2) is 96.7 Å². The van der Waals surface area contributed by atoms with E-state index in [1.165, 1.54) is 89.9 Å². The van der Waals surface area contributed by atoms with Gasteiger partial charge in [0.05, 0.1) is 26.4 Å². The van der Waals surface area contributed by atoms with Crippen molar-refractivity contribution in [3.05, 3.63) is 170 Å². The molecule has 0 aliphatic rings.